The van der Waals surface area contributed by atoms with Crippen molar-refractivity contribution in [1.29, 1.82) is 0 Å². The van der Waals surface area contributed by atoms with E-state index in [1.807, 2.05) is 31.5 Å². The summed E-state index contributed by atoms with van der Waals surface area (Å²) in [7, 11) is 1.75. The van der Waals surface area contributed by atoms with Crippen LogP contribution in [0.5, 0.6) is 5.75 Å². The van der Waals surface area contributed by atoms with Gasteiger partial charge >= 0.3 is 6.61 Å². The van der Waals surface area contributed by atoms with Gasteiger partial charge in [-0.25, -0.2) is 4.98 Å². The molecule has 2 N–H and O–H groups in total. The molecule has 7 nitrogen and oxygen atoms in total. The summed E-state index contributed by atoms with van der Waals surface area (Å²) in [6, 6.07) is 7.11. The standard InChI is InChI=1S/C21H30F2N6O.HI/c1-16-25-11-14-28(16)12-6-5-10-26-21(24-2)27-17-9-13-29(15-17)18-7-3-4-8-19(18)30-20(22)23;/h3-4,7-8,11,14,17,20H,5-6,9-10,12-13,15H2,1-2H3,(H2,24,26,27);1H. The molecule has 10 heteroatoms. The fraction of sp³-hybridized carbons (Fsp3) is 0.524. The van der Waals surface area contributed by atoms with Crippen LogP contribution in [0, 0.1) is 6.92 Å². The van der Waals surface area contributed by atoms with Crippen LogP contribution in [0.2, 0.25) is 0 Å². The first-order chi connectivity index (χ1) is 14.6. The smallest absolute Gasteiger partial charge is 0.387 e. The van der Waals surface area contributed by atoms with Gasteiger partial charge in [0.25, 0.3) is 0 Å². The van der Waals surface area contributed by atoms with Crippen LogP contribution in [0.15, 0.2) is 41.7 Å². The fourth-order valence-corrected chi connectivity index (χ4v) is 3.65. The van der Waals surface area contributed by atoms with Crippen LogP contribution in [-0.2, 0) is 6.54 Å². The Bertz CT molecular complexity index is 832. The maximum absolute atomic E-state index is 12.7. The van der Waals surface area contributed by atoms with Gasteiger partial charge in [0.15, 0.2) is 5.96 Å². The first-order valence-corrected chi connectivity index (χ1v) is 10.3. The number of rotatable bonds is 9. The summed E-state index contributed by atoms with van der Waals surface area (Å²) in [5.74, 6) is 2.01. The lowest BCUT2D eigenvalue weighted by Gasteiger charge is -2.22. The lowest BCUT2D eigenvalue weighted by atomic mass is 10.2. The molecule has 0 aliphatic carbocycles. The zero-order valence-corrected chi connectivity index (χ0v) is 20.3. The molecule has 31 heavy (non-hydrogen) atoms. The topological polar surface area (TPSA) is 66.7 Å². The number of ether oxygens (including phenoxy) is 1. The predicted molar refractivity (Wildman–Crippen MR) is 130 cm³/mol. The van der Waals surface area contributed by atoms with Crippen molar-refractivity contribution in [3.8, 4) is 5.75 Å². The lowest BCUT2D eigenvalue weighted by Crippen LogP contribution is -2.44. The first-order valence-electron chi connectivity index (χ1n) is 10.3. The Morgan fingerprint density at radius 3 is 2.84 bits per heavy atom. The monoisotopic (exact) mass is 548 g/mol. The highest BCUT2D eigenvalue weighted by Crippen LogP contribution is 2.31. The van der Waals surface area contributed by atoms with Crippen molar-refractivity contribution in [2.75, 3.05) is 31.6 Å². The number of anilines is 1. The number of benzene rings is 1. The molecule has 2 aromatic rings. The number of unbranched alkanes of at least 4 members (excludes halogenated alkanes) is 1. The summed E-state index contributed by atoms with van der Waals surface area (Å²) in [4.78, 5) is 10.6. The molecule has 3 rings (SSSR count). The molecule has 1 aromatic heterocycles. The summed E-state index contributed by atoms with van der Waals surface area (Å²) >= 11 is 0. The van der Waals surface area contributed by atoms with Crippen LogP contribution in [0.3, 0.4) is 0 Å². The highest BCUT2D eigenvalue weighted by Gasteiger charge is 2.25. The lowest BCUT2D eigenvalue weighted by molar-refractivity contribution is -0.0495. The zero-order valence-electron chi connectivity index (χ0n) is 17.9. The Balaban J connectivity index is 0.00000341. The number of alkyl halides is 2. The molecule has 1 aliphatic rings. The molecule has 1 fully saturated rings. The number of para-hydroxylation sites is 2. The molecule has 0 amide bonds. The van der Waals surface area contributed by atoms with Crippen LogP contribution in [0.4, 0.5) is 14.5 Å². The average Bonchev–Trinajstić information content (AvgIpc) is 3.36. The van der Waals surface area contributed by atoms with Crippen LogP contribution in [0.25, 0.3) is 0 Å². The third-order valence-corrected chi connectivity index (χ3v) is 5.22. The van der Waals surface area contributed by atoms with Gasteiger partial charge in [-0.2, -0.15) is 8.78 Å². The van der Waals surface area contributed by atoms with E-state index in [1.165, 1.54) is 0 Å². The van der Waals surface area contributed by atoms with E-state index in [2.05, 4.69) is 34.8 Å². The van der Waals surface area contributed by atoms with Crippen molar-refractivity contribution < 1.29 is 13.5 Å². The zero-order chi connectivity index (χ0) is 21.3. The summed E-state index contributed by atoms with van der Waals surface area (Å²) in [6.45, 7) is 2.43. The van der Waals surface area contributed by atoms with Gasteiger partial charge in [-0.3, -0.25) is 4.99 Å². The summed E-state index contributed by atoms with van der Waals surface area (Å²) in [5, 5.41) is 6.79. The number of nitrogens with zero attached hydrogens (tertiary/aromatic N) is 4. The van der Waals surface area contributed by atoms with Crippen molar-refractivity contribution in [1.82, 2.24) is 20.2 Å². The molecule has 0 spiro atoms. The van der Waals surface area contributed by atoms with E-state index in [9.17, 15) is 8.78 Å². The quantitative estimate of drug-likeness (QED) is 0.217. The maximum Gasteiger partial charge on any atom is 0.387 e. The Morgan fingerprint density at radius 1 is 1.32 bits per heavy atom. The molecule has 1 atom stereocenters. The van der Waals surface area contributed by atoms with E-state index >= 15 is 0 Å². The van der Waals surface area contributed by atoms with E-state index in [4.69, 9.17) is 0 Å². The van der Waals surface area contributed by atoms with Crippen molar-refractivity contribution in [2.24, 2.45) is 4.99 Å². The number of hydrogen-bond donors (Lipinski definition) is 2. The summed E-state index contributed by atoms with van der Waals surface area (Å²) < 4.78 is 32.2. The minimum atomic E-state index is -2.83. The minimum absolute atomic E-state index is 0. The molecule has 1 aliphatic heterocycles. The predicted octanol–water partition coefficient (Wildman–Crippen LogP) is 3.64. The number of imidazole rings is 1. The van der Waals surface area contributed by atoms with Crippen molar-refractivity contribution >= 4 is 35.6 Å². The second-order valence-corrected chi connectivity index (χ2v) is 7.30. The number of aromatic nitrogens is 2. The molecule has 1 saturated heterocycles. The molecule has 172 valence electrons. The molecule has 0 bridgehead atoms. The van der Waals surface area contributed by atoms with Crippen LogP contribution >= 0.6 is 24.0 Å². The molecular formula is C21H31F2IN6O. The summed E-state index contributed by atoms with van der Waals surface area (Å²) in [6.07, 6.45) is 6.79. The number of guanidine groups is 1. The largest absolute Gasteiger partial charge is 0.433 e. The van der Waals surface area contributed by atoms with Gasteiger partial charge in [0.05, 0.1) is 5.69 Å². The normalized spacial score (nSPS) is 16.4. The molecule has 0 saturated carbocycles. The van der Waals surface area contributed by atoms with E-state index in [0.29, 0.717) is 12.2 Å². The van der Waals surface area contributed by atoms with Gasteiger partial charge in [-0.1, -0.05) is 12.1 Å². The maximum atomic E-state index is 12.7. The van der Waals surface area contributed by atoms with Crippen molar-refractivity contribution in [3.63, 3.8) is 0 Å². The third kappa shape index (κ3) is 7.51. The summed E-state index contributed by atoms with van der Waals surface area (Å²) in [5.41, 5.74) is 0.694. The van der Waals surface area contributed by atoms with Gasteiger partial charge in [0, 0.05) is 51.7 Å². The number of aliphatic imine (C=N–C) groups is 1. The van der Waals surface area contributed by atoms with Crippen LogP contribution in [0.1, 0.15) is 25.1 Å². The highest BCUT2D eigenvalue weighted by atomic mass is 127. The number of halogens is 3. The number of hydrogen-bond acceptors (Lipinski definition) is 4. The minimum Gasteiger partial charge on any atom is -0.433 e. The average molecular weight is 548 g/mol. The van der Waals surface area contributed by atoms with Gasteiger partial charge in [0.2, 0.25) is 0 Å². The third-order valence-electron chi connectivity index (χ3n) is 5.22. The van der Waals surface area contributed by atoms with Gasteiger partial charge in [0.1, 0.15) is 11.6 Å². The Morgan fingerprint density at radius 2 is 2.13 bits per heavy atom. The Kier molecular flexibility index (Phi) is 10.3. The Hall–Kier alpha value is -2.11. The Labute approximate surface area is 199 Å². The van der Waals surface area contributed by atoms with E-state index in [1.54, 1.807) is 19.2 Å². The van der Waals surface area contributed by atoms with Crippen molar-refractivity contribution in [3.05, 3.63) is 42.5 Å². The first kappa shape index (κ1) is 25.2. The molecule has 2 heterocycles. The van der Waals surface area contributed by atoms with E-state index in [0.717, 1.165) is 50.7 Å². The number of aryl methyl sites for hydroxylation is 2. The van der Waals surface area contributed by atoms with E-state index in [-0.39, 0.29) is 35.8 Å². The molecule has 1 unspecified atom stereocenters. The van der Waals surface area contributed by atoms with Gasteiger partial charge in [-0.15, -0.1) is 24.0 Å². The van der Waals surface area contributed by atoms with Crippen LogP contribution in [-0.4, -0.2) is 54.8 Å². The molecular weight excluding hydrogens is 517 g/mol. The van der Waals surface area contributed by atoms with E-state index < -0.39 is 6.61 Å². The highest BCUT2D eigenvalue weighted by molar-refractivity contribution is 14.0. The van der Waals surface area contributed by atoms with Crippen molar-refractivity contribution in [2.45, 2.75) is 45.4 Å². The fourth-order valence-electron chi connectivity index (χ4n) is 3.65. The van der Waals surface area contributed by atoms with Crippen LogP contribution < -0.4 is 20.3 Å². The second kappa shape index (κ2) is 12.7. The van der Waals surface area contributed by atoms with Gasteiger partial charge < -0.3 is 24.8 Å². The van der Waals surface area contributed by atoms with Gasteiger partial charge in [-0.05, 0) is 38.3 Å². The SMILES string of the molecule is CN=C(NCCCCn1ccnc1C)NC1CCN(c2ccccc2OC(F)F)C1.I. The molecule has 0 radical (unpaired) electrons. The second-order valence-electron chi connectivity index (χ2n) is 7.30. The molecule has 1 aromatic carbocycles. The number of nitrogens with one attached hydrogen (secondary N) is 2.